The van der Waals surface area contributed by atoms with E-state index in [9.17, 15) is 9.90 Å². The average molecular weight is 366 g/mol. The van der Waals surface area contributed by atoms with Crippen molar-refractivity contribution < 1.29 is 14.3 Å². The lowest BCUT2D eigenvalue weighted by Crippen LogP contribution is -2.67. The van der Waals surface area contributed by atoms with Crippen molar-refractivity contribution in [3.8, 4) is 5.75 Å². The maximum absolute atomic E-state index is 12.9. The summed E-state index contributed by atoms with van der Waals surface area (Å²) in [7, 11) is 4.03. The third-order valence-electron chi connectivity index (χ3n) is 6.43. The lowest BCUT2D eigenvalue weighted by molar-refractivity contribution is -0.132. The minimum Gasteiger partial charge on any atom is -0.508 e. The molecule has 0 radical (unpaired) electrons. The van der Waals surface area contributed by atoms with Gasteiger partial charge in [-0.3, -0.25) is 4.79 Å². The molecule has 0 saturated carbocycles. The van der Waals surface area contributed by atoms with E-state index in [2.05, 4.69) is 18.9 Å². The van der Waals surface area contributed by atoms with E-state index in [4.69, 9.17) is 4.42 Å². The number of fused-ring (bicyclic) bond motifs is 4. The molecule has 142 valence electrons. The van der Waals surface area contributed by atoms with E-state index in [1.807, 2.05) is 30.1 Å². The maximum Gasteiger partial charge on any atom is 0.246 e. The molecule has 1 N–H and O–H groups in total. The summed E-state index contributed by atoms with van der Waals surface area (Å²) in [6, 6.07) is 7.83. The zero-order valence-corrected chi connectivity index (χ0v) is 16.1. The van der Waals surface area contributed by atoms with Gasteiger partial charge in [-0.05, 0) is 61.8 Å². The Morgan fingerprint density at radius 3 is 2.96 bits per heavy atom. The molecular weight excluding hydrogens is 340 g/mol. The van der Waals surface area contributed by atoms with E-state index in [1.54, 1.807) is 30.7 Å². The summed E-state index contributed by atoms with van der Waals surface area (Å²) in [5, 5.41) is 10.1. The molecule has 2 heterocycles. The van der Waals surface area contributed by atoms with Crippen LogP contribution in [0.25, 0.3) is 6.08 Å². The molecule has 1 aliphatic carbocycles. The lowest BCUT2D eigenvalue weighted by atomic mass is 9.61. The van der Waals surface area contributed by atoms with Crippen LogP contribution >= 0.6 is 0 Å². The molecule has 2 aromatic rings. The third-order valence-corrected chi connectivity index (χ3v) is 6.43. The number of likely N-dealkylation sites (tertiary alicyclic amines) is 1. The van der Waals surface area contributed by atoms with Gasteiger partial charge in [-0.2, -0.15) is 0 Å². The van der Waals surface area contributed by atoms with Crippen LogP contribution in [0, 0.1) is 0 Å². The van der Waals surface area contributed by atoms with Crippen LogP contribution in [0.2, 0.25) is 0 Å². The predicted molar refractivity (Wildman–Crippen MR) is 104 cm³/mol. The number of rotatable bonds is 3. The zero-order chi connectivity index (χ0) is 19.2. The van der Waals surface area contributed by atoms with Gasteiger partial charge in [-0.25, -0.2) is 0 Å². The summed E-state index contributed by atoms with van der Waals surface area (Å²) in [6.07, 6.45) is 8.44. The van der Waals surface area contributed by atoms with Gasteiger partial charge in [0.25, 0.3) is 0 Å². The molecule has 4 rings (SSSR count). The highest BCUT2D eigenvalue weighted by Gasteiger charge is 2.52. The molecule has 0 spiro atoms. The van der Waals surface area contributed by atoms with Crippen molar-refractivity contribution in [2.24, 2.45) is 0 Å². The van der Waals surface area contributed by atoms with Gasteiger partial charge in [-0.1, -0.05) is 13.0 Å². The fourth-order valence-electron chi connectivity index (χ4n) is 4.93. The van der Waals surface area contributed by atoms with Crippen LogP contribution in [-0.4, -0.2) is 53.5 Å². The second-order valence-corrected chi connectivity index (χ2v) is 8.04. The first-order valence-electron chi connectivity index (χ1n) is 9.40. The van der Waals surface area contributed by atoms with Crippen molar-refractivity contribution in [3.05, 3.63) is 59.6 Å². The van der Waals surface area contributed by atoms with Crippen LogP contribution in [-0.2, 0) is 16.6 Å². The first-order valence-corrected chi connectivity index (χ1v) is 9.40. The Bertz CT molecular complexity index is 874. The number of aromatic hydroxyl groups is 1. The van der Waals surface area contributed by atoms with Gasteiger partial charge in [0.05, 0.1) is 18.6 Å². The quantitative estimate of drug-likeness (QED) is 0.849. The van der Waals surface area contributed by atoms with Crippen LogP contribution in [0.5, 0.6) is 5.75 Å². The summed E-state index contributed by atoms with van der Waals surface area (Å²) < 4.78 is 5.06. The standard InChI is InChI=1S/C22H26N2O3/c1-22-9-10-23(2)19(12-16-5-6-17(25)13-18(16)22)21(22)24(3)20(26)7-4-15-8-11-27-14-15/h4-8,11,13-14,19,21,25H,9-10,12H2,1-3H3. The molecule has 3 unspecified atom stereocenters. The number of carbonyl (C=O) groups is 1. The largest absolute Gasteiger partial charge is 0.508 e. The molecule has 3 atom stereocenters. The summed E-state index contributed by atoms with van der Waals surface area (Å²) in [6.45, 7) is 3.22. The SMILES string of the molecule is CN1CCC2(C)c3cc(O)ccc3CC1C2N(C)C(=O)C=Cc1ccoc1. The van der Waals surface area contributed by atoms with Crippen LogP contribution in [0.3, 0.4) is 0 Å². The van der Waals surface area contributed by atoms with Crippen molar-refractivity contribution in [3.63, 3.8) is 0 Å². The molecule has 1 saturated heterocycles. The molecule has 1 aliphatic heterocycles. The minimum atomic E-state index is -0.183. The van der Waals surface area contributed by atoms with Crippen molar-refractivity contribution in [2.75, 3.05) is 20.6 Å². The highest BCUT2D eigenvalue weighted by Crippen LogP contribution is 2.47. The molecule has 2 bridgehead atoms. The van der Waals surface area contributed by atoms with Gasteiger partial charge < -0.3 is 19.3 Å². The number of piperidine rings is 1. The van der Waals surface area contributed by atoms with Crippen LogP contribution in [0.1, 0.15) is 30.0 Å². The second-order valence-electron chi connectivity index (χ2n) is 8.04. The van der Waals surface area contributed by atoms with Crippen LogP contribution in [0.4, 0.5) is 0 Å². The lowest BCUT2D eigenvalue weighted by Gasteiger charge is -2.57. The molecule has 1 amide bonds. The number of phenols is 1. The van der Waals surface area contributed by atoms with E-state index in [-0.39, 0.29) is 23.4 Å². The van der Waals surface area contributed by atoms with Gasteiger partial charge in [0, 0.05) is 30.1 Å². The number of benzene rings is 1. The highest BCUT2D eigenvalue weighted by atomic mass is 16.3. The Balaban J connectivity index is 1.69. The average Bonchev–Trinajstić information content (AvgIpc) is 3.17. The minimum absolute atomic E-state index is 0.0173. The predicted octanol–water partition coefficient (Wildman–Crippen LogP) is 3.04. The van der Waals surface area contributed by atoms with Crippen molar-refractivity contribution in [1.29, 1.82) is 0 Å². The van der Waals surface area contributed by atoms with Crippen LogP contribution in [0.15, 0.2) is 47.3 Å². The van der Waals surface area contributed by atoms with Gasteiger partial charge in [0.15, 0.2) is 0 Å². The summed E-state index contributed by atoms with van der Waals surface area (Å²) in [5.41, 5.74) is 3.14. The molecule has 27 heavy (non-hydrogen) atoms. The second kappa shape index (κ2) is 6.57. The van der Waals surface area contributed by atoms with E-state index in [0.29, 0.717) is 5.75 Å². The Morgan fingerprint density at radius 1 is 1.41 bits per heavy atom. The van der Waals surface area contributed by atoms with E-state index < -0.39 is 0 Å². The molecule has 1 fully saturated rings. The van der Waals surface area contributed by atoms with Crippen LogP contribution < -0.4 is 0 Å². The third kappa shape index (κ3) is 2.96. The highest BCUT2D eigenvalue weighted by molar-refractivity contribution is 5.92. The molecular formula is C22H26N2O3. The number of hydrogen-bond donors (Lipinski definition) is 1. The molecule has 1 aromatic heterocycles. The Morgan fingerprint density at radius 2 is 2.22 bits per heavy atom. The monoisotopic (exact) mass is 366 g/mol. The number of amides is 1. The first-order chi connectivity index (χ1) is 12.9. The molecule has 5 nitrogen and oxygen atoms in total. The van der Waals surface area contributed by atoms with E-state index in [1.165, 1.54) is 11.1 Å². The van der Waals surface area contributed by atoms with Crippen molar-refractivity contribution >= 4 is 12.0 Å². The first kappa shape index (κ1) is 17.9. The fraction of sp³-hybridized carbons (Fsp3) is 0.409. The smallest absolute Gasteiger partial charge is 0.246 e. The normalized spacial score (nSPS) is 27.5. The van der Waals surface area contributed by atoms with Gasteiger partial charge >= 0.3 is 0 Å². The Kier molecular flexibility index (Phi) is 4.35. The number of phenolic OH excluding ortho intramolecular Hbond substituents is 1. The van der Waals surface area contributed by atoms with E-state index >= 15 is 0 Å². The van der Waals surface area contributed by atoms with Crippen molar-refractivity contribution in [2.45, 2.75) is 37.3 Å². The van der Waals surface area contributed by atoms with Crippen molar-refractivity contribution in [1.82, 2.24) is 9.80 Å². The molecule has 1 aromatic carbocycles. The van der Waals surface area contributed by atoms with E-state index in [0.717, 1.165) is 24.9 Å². The van der Waals surface area contributed by atoms with Gasteiger partial charge in [0.1, 0.15) is 5.75 Å². The van der Waals surface area contributed by atoms with Gasteiger partial charge in [0.2, 0.25) is 5.91 Å². The number of hydrogen-bond acceptors (Lipinski definition) is 4. The number of furan rings is 1. The van der Waals surface area contributed by atoms with Gasteiger partial charge in [-0.15, -0.1) is 0 Å². The number of likely N-dealkylation sites (N-methyl/N-ethyl adjacent to an activating group) is 2. The fourth-order valence-corrected chi connectivity index (χ4v) is 4.93. The molecule has 5 heteroatoms. The zero-order valence-electron chi connectivity index (χ0n) is 16.1. The maximum atomic E-state index is 12.9. The molecule has 2 aliphatic rings. The summed E-state index contributed by atoms with van der Waals surface area (Å²) in [5.74, 6) is 0.274. The number of nitrogens with zero attached hydrogens (tertiary/aromatic N) is 2. The Hall–Kier alpha value is -2.53. The number of carbonyl (C=O) groups excluding carboxylic acids is 1. The Labute approximate surface area is 159 Å². The topological polar surface area (TPSA) is 56.9 Å². The summed E-state index contributed by atoms with van der Waals surface area (Å²) >= 11 is 0. The summed E-state index contributed by atoms with van der Waals surface area (Å²) in [4.78, 5) is 17.2.